The Morgan fingerprint density at radius 2 is 2.38 bits per heavy atom. The maximum atomic E-state index is 13.2. The number of hydrogen-bond acceptors (Lipinski definition) is 2. The van der Waals surface area contributed by atoms with E-state index in [1.165, 1.54) is 6.07 Å². The van der Waals surface area contributed by atoms with Crippen LogP contribution in [-0.4, -0.2) is 18.5 Å². The molecule has 1 aliphatic rings. The van der Waals surface area contributed by atoms with Gasteiger partial charge in [0.1, 0.15) is 5.82 Å². The van der Waals surface area contributed by atoms with Crippen molar-refractivity contribution in [2.45, 2.75) is 25.9 Å². The van der Waals surface area contributed by atoms with Gasteiger partial charge in [-0.1, -0.05) is 12.1 Å². The van der Waals surface area contributed by atoms with Gasteiger partial charge in [-0.25, -0.2) is 4.39 Å². The molecule has 0 bridgehead atoms. The van der Waals surface area contributed by atoms with E-state index in [-0.39, 0.29) is 17.8 Å². The van der Waals surface area contributed by atoms with E-state index in [1.54, 1.807) is 13.0 Å². The van der Waals surface area contributed by atoms with Crippen LogP contribution < -0.4 is 10.6 Å². The van der Waals surface area contributed by atoms with Crippen LogP contribution in [0.15, 0.2) is 18.2 Å². The van der Waals surface area contributed by atoms with Gasteiger partial charge < -0.3 is 10.6 Å². The molecule has 1 fully saturated rings. The number of aryl methyl sites for hydroxylation is 1. The zero-order valence-corrected chi connectivity index (χ0v) is 9.22. The Hall–Kier alpha value is -1.42. The van der Waals surface area contributed by atoms with Gasteiger partial charge in [0, 0.05) is 25.6 Å². The van der Waals surface area contributed by atoms with E-state index in [0.29, 0.717) is 25.1 Å². The summed E-state index contributed by atoms with van der Waals surface area (Å²) < 4.78 is 13.2. The van der Waals surface area contributed by atoms with Gasteiger partial charge in [0.05, 0.1) is 0 Å². The Kier molecular flexibility index (Phi) is 3.19. The molecule has 2 rings (SSSR count). The fraction of sp³-hybridized carbons (Fsp3) is 0.417. The molecule has 16 heavy (non-hydrogen) atoms. The van der Waals surface area contributed by atoms with E-state index < -0.39 is 0 Å². The highest BCUT2D eigenvalue weighted by atomic mass is 19.1. The predicted molar refractivity (Wildman–Crippen MR) is 59.4 cm³/mol. The fourth-order valence-electron chi connectivity index (χ4n) is 1.76. The van der Waals surface area contributed by atoms with Gasteiger partial charge >= 0.3 is 0 Å². The molecule has 1 atom stereocenters. The van der Waals surface area contributed by atoms with Gasteiger partial charge in [0.15, 0.2) is 0 Å². The molecule has 1 saturated heterocycles. The topological polar surface area (TPSA) is 41.1 Å². The summed E-state index contributed by atoms with van der Waals surface area (Å²) in [6.45, 7) is 3.00. The van der Waals surface area contributed by atoms with Gasteiger partial charge in [0.2, 0.25) is 5.91 Å². The smallest absolute Gasteiger partial charge is 0.221 e. The molecule has 0 spiro atoms. The minimum Gasteiger partial charge on any atom is -0.354 e. The fourth-order valence-corrected chi connectivity index (χ4v) is 1.76. The van der Waals surface area contributed by atoms with Gasteiger partial charge in [-0.3, -0.25) is 4.79 Å². The van der Waals surface area contributed by atoms with Crippen molar-refractivity contribution in [1.29, 1.82) is 0 Å². The molecule has 0 saturated carbocycles. The van der Waals surface area contributed by atoms with E-state index in [9.17, 15) is 9.18 Å². The van der Waals surface area contributed by atoms with E-state index in [0.717, 1.165) is 5.56 Å². The zero-order chi connectivity index (χ0) is 11.5. The Morgan fingerprint density at radius 1 is 1.56 bits per heavy atom. The van der Waals surface area contributed by atoms with Crippen molar-refractivity contribution in [3.05, 3.63) is 35.1 Å². The average molecular weight is 222 g/mol. The van der Waals surface area contributed by atoms with Crippen molar-refractivity contribution in [2.75, 3.05) is 6.54 Å². The van der Waals surface area contributed by atoms with Gasteiger partial charge in [-0.2, -0.15) is 0 Å². The third kappa shape index (κ3) is 2.58. The van der Waals surface area contributed by atoms with Gasteiger partial charge in [-0.15, -0.1) is 0 Å². The lowest BCUT2D eigenvalue weighted by Gasteiger charge is -2.10. The molecule has 1 heterocycles. The van der Waals surface area contributed by atoms with E-state index in [1.807, 2.05) is 6.07 Å². The van der Waals surface area contributed by atoms with Crippen LogP contribution in [-0.2, 0) is 11.3 Å². The first-order valence-electron chi connectivity index (χ1n) is 5.40. The maximum absolute atomic E-state index is 13.2. The molecule has 0 radical (unpaired) electrons. The van der Waals surface area contributed by atoms with Crippen molar-refractivity contribution >= 4 is 5.91 Å². The second-order valence-electron chi connectivity index (χ2n) is 4.17. The first-order chi connectivity index (χ1) is 7.65. The Bertz CT molecular complexity index is 406. The van der Waals surface area contributed by atoms with Crippen LogP contribution in [0.2, 0.25) is 0 Å². The highest BCUT2D eigenvalue weighted by Crippen LogP contribution is 2.09. The van der Waals surface area contributed by atoms with E-state index in [4.69, 9.17) is 0 Å². The number of hydrogen-bond donors (Lipinski definition) is 2. The monoisotopic (exact) mass is 222 g/mol. The van der Waals surface area contributed by atoms with Crippen molar-refractivity contribution < 1.29 is 9.18 Å². The molecule has 1 aliphatic heterocycles. The lowest BCUT2D eigenvalue weighted by molar-refractivity contribution is -0.119. The van der Waals surface area contributed by atoms with Crippen LogP contribution in [0.5, 0.6) is 0 Å². The number of carbonyl (C=O) groups excluding carboxylic acids is 1. The van der Waals surface area contributed by atoms with Gasteiger partial charge in [-0.05, 0) is 24.1 Å². The third-order valence-electron chi connectivity index (χ3n) is 2.81. The predicted octanol–water partition coefficient (Wildman–Crippen LogP) is 1.11. The maximum Gasteiger partial charge on any atom is 0.221 e. The summed E-state index contributed by atoms with van der Waals surface area (Å²) in [5.74, 6) is -0.104. The number of amides is 1. The number of carbonyl (C=O) groups is 1. The minimum atomic E-state index is -0.181. The summed E-state index contributed by atoms with van der Waals surface area (Å²) in [5.41, 5.74) is 1.56. The highest BCUT2D eigenvalue weighted by molar-refractivity contribution is 5.78. The quantitative estimate of drug-likeness (QED) is 0.804. The molecule has 2 N–H and O–H groups in total. The normalized spacial score (nSPS) is 19.9. The Balaban J connectivity index is 1.89. The molecule has 0 aromatic heterocycles. The molecule has 1 aromatic carbocycles. The molecule has 0 aliphatic carbocycles. The summed E-state index contributed by atoms with van der Waals surface area (Å²) in [4.78, 5) is 11.0. The van der Waals surface area contributed by atoms with Crippen molar-refractivity contribution in [3.63, 3.8) is 0 Å². The molecule has 4 heteroatoms. The van der Waals surface area contributed by atoms with E-state index in [2.05, 4.69) is 10.6 Å². The zero-order valence-electron chi connectivity index (χ0n) is 9.22. The molecular weight excluding hydrogens is 207 g/mol. The molecule has 3 nitrogen and oxygen atoms in total. The largest absolute Gasteiger partial charge is 0.354 e. The molecular formula is C12H15FN2O. The number of nitrogens with one attached hydrogen (secondary N) is 2. The van der Waals surface area contributed by atoms with Crippen LogP contribution in [0, 0.1) is 12.7 Å². The molecule has 1 aromatic rings. The number of halogens is 1. The summed E-state index contributed by atoms with van der Waals surface area (Å²) in [6.07, 6.45) is 0.508. The molecule has 86 valence electrons. The molecule has 1 amide bonds. The molecule has 1 unspecified atom stereocenters. The second-order valence-corrected chi connectivity index (χ2v) is 4.17. The SMILES string of the molecule is Cc1ccc(CNC2CNC(=O)C2)cc1F. The highest BCUT2D eigenvalue weighted by Gasteiger charge is 2.20. The summed E-state index contributed by atoms with van der Waals surface area (Å²) in [7, 11) is 0. The van der Waals surface area contributed by atoms with Crippen LogP contribution in [0.3, 0.4) is 0 Å². The number of benzene rings is 1. The van der Waals surface area contributed by atoms with Crippen LogP contribution in [0.25, 0.3) is 0 Å². The summed E-state index contributed by atoms with van der Waals surface area (Å²) >= 11 is 0. The third-order valence-corrected chi connectivity index (χ3v) is 2.81. The minimum absolute atomic E-state index is 0.0765. The van der Waals surface area contributed by atoms with Crippen molar-refractivity contribution in [2.24, 2.45) is 0 Å². The van der Waals surface area contributed by atoms with Gasteiger partial charge in [0.25, 0.3) is 0 Å². The summed E-state index contributed by atoms with van der Waals surface area (Å²) in [5, 5.41) is 5.98. The Morgan fingerprint density at radius 3 is 3.00 bits per heavy atom. The van der Waals surface area contributed by atoms with Crippen LogP contribution >= 0.6 is 0 Å². The first kappa shape index (κ1) is 11.1. The van der Waals surface area contributed by atoms with Crippen LogP contribution in [0.1, 0.15) is 17.5 Å². The van der Waals surface area contributed by atoms with Crippen molar-refractivity contribution in [3.8, 4) is 0 Å². The van der Waals surface area contributed by atoms with E-state index >= 15 is 0 Å². The Labute approximate surface area is 94.0 Å². The summed E-state index contributed by atoms with van der Waals surface area (Å²) in [6, 6.07) is 5.36. The average Bonchev–Trinajstić information content (AvgIpc) is 2.66. The van der Waals surface area contributed by atoms with Crippen molar-refractivity contribution in [1.82, 2.24) is 10.6 Å². The lowest BCUT2D eigenvalue weighted by Crippen LogP contribution is -2.30. The first-order valence-corrected chi connectivity index (χ1v) is 5.40. The standard InChI is InChI=1S/C12H15FN2O/c1-8-2-3-9(4-11(8)13)6-14-10-5-12(16)15-7-10/h2-4,10,14H,5-7H2,1H3,(H,15,16). The second kappa shape index (κ2) is 4.61. The lowest BCUT2D eigenvalue weighted by atomic mass is 10.1. The van der Waals surface area contributed by atoms with Crippen LogP contribution in [0.4, 0.5) is 4.39 Å². The number of rotatable bonds is 3.